The second kappa shape index (κ2) is 4.21. The van der Waals surface area contributed by atoms with Crippen LogP contribution in [0.4, 0.5) is 0 Å². The van der Waals surface area contributed by atoms with Crippen molar-refractivity contribution < 1.29 is 9.90 Å². The quantitative estimate of drug-likeness (QED) is 0.937. The summed E-state index contributed by atoms with van der Waals surface area (Å²) in [5.41, 5.74) is 1.44. The number of nitrogens with zero attached hydrogens (tertiary/aromatic N) is 3. The number of hydrogen-bond acceptors (Lipinski definition) is 3. The Bertz CT molecular complexity index is 550. The molecule has 2 aromatic heterocycles. The van der Waals surface area contributed by atoms with E-state index < -0.39 is 5.97 Å². The number of aryl methyl sites for hydroxylation is 1. The number of rotatable bonds is 3. The van der Waals surface area contributed by atoms with E-state index in [1.54, 1.807) is 6.07 Å². The van der Waals surface area contributed by atoms with Crippen molar-refractivity contribution in [1.82, 2.24) is 14.6 Å². The molecule has 6 heteroatoms. The Morgan fingerprint density at radius 2 is 2.31 bits per heavy atom. The monoisotopic (exact) mass is 283 g/mol. The first-order valence-corrected chi connectivity index (χ1v) is 5.70. The van der Waals surface area contributed by atoms with E-state index in [2.05, 4.69) is 32.9 Å². The maximum atomic E-state index is 10.9. The number of aromatic carboxylic acids is 1. The smallest absolute Gasteiger partial charge is 0.357 e. The van der Waals surface area contributed by atoms with Gasteiger partial charge in [0.25, 0.3) is 0 Å². The van der Waals surface area contributed by atoms with Gasteiger partial charge in [0.15, 0.2) is 11.3 Å². The molecule has 2 rings (SSSR count). The Hall–Kier alpha value is -1.43. The Morgan fingerprint density at radius 3 is 2.94 bits per heavy atom. The summed E-state index contributed by atoms with van der Waals surface area (Å²) < 4.78 is 1.89. The van der Waals surface area contributed by atoms with E-state index in [0.717, 1.165) is 18.5 Å². The lowest BCUT2D eigenvalue weighted by atomic mass is 10.2. The van der Waals surface area contributed by atoms with E-state index in [0.29, 0.717) is 10.3 Å². The van der Waals surface area contributed by atoms with Crippen molar-refractivity contribution in [3.8, 4) is 0 Å². The molecule has 2 heterocycles. The average molecular weight is 284 g/mol. The highest BCUT2D eigenvalue weighted by molar-refractivity contribution is 9.10. The van der Waals surface area contributed by atoms with Gasteiger partial charge in [-0.15, -0.1) is 0 Å². The van der Waals surface area contributed by atoms with Crippen LogP contribution in [0.25, 0.3) is 5.65 Å². The molecule has 2 aromatic rings. The normalized spacial score (nSPS) is 10.9. The number of fused-ring (bicyclic) bond motifs is 1. The molecule has 0 spiro atoms. The molecule has 0 aliphatic rings. The summed E-state index contributed by atoms with van der Waals surface area (Å²) in [6, 6.07) is 3.64. The second-order valence-electron chi connectivity index (χ2n) is 3.40. The lowest BCUT2D eigenvalue weighted by molar-refractivity contribution is 0.0690. The molecule has 0 aliphatic carbocycles. The third kappa shape index (κ3) is 1.80. The highest BCUT2D eigenvalue weighted by Crippen LogP contribution is 2.18. The van der Waals surface area contributed by atoms with Crippen molar-refractivity contribution >= 4 is 27.5 Å². The molecule has 0 aliphatic heterocycles. The fraction of sp³-hybridized carbons (Fsp3) is 0.300. The molecule has 0 unspecified atom stereocenters. The minimum atomic E-state index is -1.06. The molecule has 0 saturated carbocycles. The summed E-state index contributed by atoms with van der Waals surface area (Å²) in [6.45, 7) is 2.07. The minimum Gasteiger partial charge on any atom is -0.476 e. The van der Waals surface area contributed by atoms with Gasteiger partial charge in [-0.05, 0) is 34.5 Å². The van der Waals surface area contributed by atoms with Crippen LogP contribution in [0.2, 0.25) is 0 Å². The number of halogens is 1. The van der Waals surface area contributed by atoms with E-state index in [4.69, 9.17) is 5.11 Å². The van der Waals surface area contributed by atoms with Crippen LogP contribution in [-0.2, 0) is 6.42 Å². The van der Waals surface area contributed by atoms with Crippen molar-refractivity contribution in [2.45, 2.75) is 19.8 Å². The summed E-state index contributed by atoms with van der Waals surface area (Å²) in [5, 5.41) is 13.2. The maximum Gasteiger partial charge on any atom is 0.357 e. The van der Waals surface area contributed by atoms with Gasteiger partial charge in [-0.3, -0.25) is 0 Å². The Balaban J connectivity index is 2.59. The van der Waals surface area contributed by atoms with Gasteiger partial charge in [0.2, 0.25) is 0 Å². The van der Waals surface area contributed by atoms with Crippen molar-refractivity contribution in [2.24, 2.45) is 0 Å². The highest BCUT2D eigenvalue weighted by Gasteiger charge is 2.16. The number of hydrogen-bond donors (Lipinski definition) is 1. The van der Waals surface area contributed by atoms with Crippen LogP contribution in [0.5, 0.6) is 0 Å². The van der Waals surface area contributed by atoms with Crippen LogP contribution in [-0.4, -0.2) is 25.7 Å². The Labute approximate surface area is 100 Å². The zero-order valence-electron chi connectivity index (χ0n) is 8.64. The molecule has 84 valence electrons. The van der Waals surface area contributed by atoms with E-state index in [-0.39, 0.29) is 5.69 Å². The number of aromatic nitrogens is 3. The van der Waals surface area contributed by atoms with Crippen LogP contribution in [0.15, 0.2) is 16.7 Å². The molecule has 0 bridgehead atoms. The number of carboxylic acid groups (broad SMARTS) is 1. The van der Waals surface area contributed by atoms with E-state index >= 15 is 0 Å². The van der Waals surface area contributed by atoms with Crippen LogP contribution >= 0.6 is 15.9 Å². The van der Waals surface area contributed by atoms with Crippen LogP contribution in [0, 0.1) is 0 Å². The molecule has 0 saturated heterocycles. The summed E-state index contributed by atoms with van der Waals surface area (Å²) in [5.74, 6) is -1.06. The van der Waals surface area contributed by atoms with E-state index in [1.165, 1.54) is 4.52 Å². The largest absolute Gasteiger partial charge is 0.476 e. The minimum absolute atomic E-state index is 0.0128. The van der Waals surface area contributed by atoms with Gasteiger partial charge in [-0.1, -0.05) is 13.3 Å². The molecule has 0 amide bonds. The predicted octanol–water partition coefficient (Wildman–Crippen LogP) is 2.14. The fourth-order valence-corrected chi connectivity index (χ4v) is 1.99. The van der Waals surface area contributed by atoms with Gasteiger partial charge in [0, 0.05) is 0 Å². The number of imidazole rings is 1. The molecule has 0 aromatic carbocycles. The van der Waals surface area contributed by atoms with Gasteiger partial charge >= 0.3 is 5.97 Å². The molecule has 0 fully saturated rings. The Kier molecular flexibility index (Phi) is 2.91. The first-order chi connectivity index (χ1) is 7.63. The maximum absolute atomic E-state index is 10.9. The van der Waals surface area contributed by atoms with Crippen molar-refractivity contribution in [3.63, 3.8) is 0 Å². The van der Waals surface area contributed by atoms with Gasteiger partial charge in [-0.25, -0.2) is 14.3 Å². The van der Waals surface area contributed by atoms with Gasteiger partial charge in [0.05, 0.1) is 5.69 Å². The first kappa shape index (κ1) is 11.1. The Morgan fingerprint density at radius 1 is 1.56 bits per heavy atom. The predicted molar refractivity (Wildman–Crippen MR) is 61.6 cm³/mol. The lowest BCUT2D eigenvalue weighted by Crippen LogP contribution is -1.99. The van der Waals surface area contributed by atoms with Gasteiger partial charge < -0.3 is 5.11 Å². The van der Waals surface area contributed by atoms with E-state index in [1.807, 2.05) is 6.07 Å². The van der Waals surface area contributed by atoms with Crippen LogP contribution < -0.4 is 0 Å². The molecule has 16 heavy (non-hydrogen) atoms. The van der Waals surface area contributed by atoms with Crippen LogP contribution in [0.3, 0.4) is 0 Å². The van der Waals surface area contributed by atoms with Gasteiger partial charge in [0.1, 0.15) is 4.60 Å². The molecule has 0 radical (unpaired) electrons. The standard InChI is InChI=1S/C10H10BrN3O2/c1-2-3-6-4-5-7-12-8(10(15)16)9(11)14(7)13-6/h4-5H,2-3H2,1H3,(H,15,16). The second-order valence-corrected chi connectivity index (χ2v) is 4.15. The lowest BCUT2D eigenvalue weighted by Gasteiger charge is -1.99. The summed E-state index contributed by atoms with van der Waals surface area (Å²) in [7, 11) is 0. The first-order valence-electron chi connectivity index (χ1n) is 4.91. The number of carbonyl (C=O) groups is 1. The molecular weight excluding hydrogens is 274 g/mol. The third-order valence-corrected chi connectivity index (χ3v) is 2.90. The van der Waals surface area contributed by atoms with Crippen molar-refractivity contribution in [1.29, 1.82) is 0 Å². The van der Waals surface area contributed by atoms with Crippen molar-refractivity contribution in [2.75, 3.05) is 0 Å². The average Bonchev–Trinajstić information content (AvgIpc) is 2.57. The molecular formula is C10H10BrN3O2. The SMILES string of the molecule is CCCc1ccc2nc(C(=O)O)c(Br)n2n1. The van der Waals surface area contributed by atoms with Gasteiger partial charge in [-0.2, -0.15) is 5.10 Å². The molecule has 0 atom stereocenters. The summed E-state index contributed by atoms with van der Waals surface area (Å²) >= 11 is 3.19. The van der Waals surface area contributed by atoms with Crippen LogP contribution in [0.1, 0.15) is 29.5 Å². The van der Waals surface area contributed by atoms with Crippen molar-refractivity contribution in [3.05, 3.63) is 28.1 Å². The summed E-state index contributed by atoms with van der Waals surface area (Å²) in [6.07, 6.45) is 1.86. The third-order valence-electron chi connectivity index (χ3n) is 2.19. The fourth-order valence-electron chi connectivity index (χ4n) is 1.47. The van der Waals surface area contributed by atoms with E-state index in [9.17, 15) is 4.79 Å². The zero-order valence-corrected chi connectivity index (χ0v) is 10.2. The molecule has 1 N–H and O–H groups in total. The number of carboxylic acids is 1. The molecule has 5 nitrogen and oxygen atoms in total. The summed E-state index contributed by atoms with van der Waals surface area (Å²) in [4.78, 5) is 14.8. The highest BCUT2D eigenvalue weighted by atomic mass is 79.9. The topological polar surface area (TPSA) is 67.5 Å². The zero-order chi connectivity index (χ0) is 11.7.